The Morgan fingerprint density at radius 3 is 2.64 bits per heavy atom. The molecule has 1 N–H and O–H groups in total. The normalized spacial score (nSPS) is 10.7. The number of aryl methyl sites for hydroxylation is 2. The summed E-state index contributed by atoms with van der Waals surface area (Å²) in [5.74, 6) is -0.221. The smallest absolute Gasteiger partial charge is 0.387 e. The summed E-state index contributed by atoms with van der Waals surface area (Å²) in [5, 5.41) is 6.92. The summed E-state index contributed by atoms with van der Waals surface area (Å²) in [5.41, 5.74) is 1.47. The van der Waals surface area contributed by atoms with Gasteiger partial charge in [0.25, 0.3) is 5.91 Å². The van der Waals surface area contributed by atoms with E-state index in [-0.39, 0.29) is 11.7 Å². The second-order valence-corrected chi connectivity index (χ2v) is 4.71. The lowest BCUT2D eigenvalue weighted by molar-refractivity contribution is -0.0498. The van der Waals surface area contributed by atoms with Crippen molar-refractivity contribution in [2.45, 2.75) is 26.5 Å². The van der Waals surface area contributed by atoms with Crippen molar-refractivity contribution >= 4 is 5.91 Å². The molecule has 22 heavy (non-hydrogen) atoms. The molecule has 0 aliphatic carbocycles. The van der Waals surface area contributed by atoms with Crippen LogP contribution in [-0.4, -0.2) is 28.8 Å². The maximum atomic E-state index is 12.0. The molecule has 0 atom stereocenters. The number of halogens is 2. The highest BCUT2D eigenvalue weighted by Crippen LogP contribution is 2.14. The van der Waals surface area contributed by atoms with Crippen molar-refractivity contribution in [1.82, 2.24) is 15.1 Å². The van der Waals surface area contributed by atoms with Crippen molar-refractivity contribution in [2.75, 3.05) is 6.54 Å². The first kappa shape index (κ1) is 15.9. The molecule has 0 saturated heterocycles. The highest BCUT2D eigenvalue weighted by molar-refractivity contribution is 5.94. The minimum absolute atomic E-state index is 0.0284. The molecular formula is C15H17F2N3O2. The molecule has 0 aliphatic heterocycles. The van der Waals surface area contributed by atoms with Crippen LogP contribution >= 0.6 is 0 Å². The van der Waals surface area contributed by atoms with Crippen molar-refractivity contribution < 1.29 is 18.3 Å². The monoisotopic (exact) mass is 309 g/mol. The van der Waals surface area contributed by atoms with Crippen molar-refractivity contribution in [2.24, 2.45) is 0 Å². The summed E-state index contributed by atoms with van der Waals surface area (Å²) in [6.07, 6.45) is 2.48. The van der Waals surface area contributed by atoms with Gasteiger partial charge in [0.05, 0.1) is 0 Å². The van der Waals surface area contributed by atoms with Crippen molar-refractivity contribution in [1.29, 1.82) is 0 Å². The zero-order valence-corrected chi connectivity index (χ0v) is 12.1. The maximum absolute atomic E-state index is 12.0. The van der Waals surface area contributed by atoms with Crippen LogP contribution in [0.25, 0.3) is 0 Å². The molecule has 2 rings (SSSR count). The standard InChI is InChI=1S/C15H17F2N3O2/c1-11-7-9-19-20(11)10-2-8-18-14(21)12-3-5-13(6-4-12)22-15(16)17/h3-7,9,15H,2,8,10H2,1H3,(H,18,21). The molecule has 0 radical (unpaired) electrons. The Morgan fingerprint density at radius 1 is 1.32 bits per heavy atom. The quantitative estimate of drug-likeness (QED) is 0.800. The Bertz CT molecular complexity index is 612. The molecule has 0 aliphatic rings. The van der Waals surface area contributed by atoms with Gasteiger partial charge in [0.2, 0.25) is 0 Å². The Balaban J connectivity index is 1.76. The molecule has 1 aromatic carbocycles. The van der Waals surface area contributed by atoms with Crippen LogP contribution in [-0.2, 0) is 6.54 Å². The van der Waals surface area contributed by atoms with Crippen LogP contribution in [0, 0.1) is 6.92 Å². The number of carbonyl (C=O) groups excluding carboxylic acids is 1. The number of hydrogen-bond donors (Lipinski definition) is 1. The highest BCUT2D eigenvalue weighted by Gasteiger charge is 2.07. The van der Waals surface area contributed by atoms with Gasteiger partial charge in [-0.15, -0.1) is 0 Å². The van der Waals surface area contributed by atoms with E-state index in [2.05, 4.69) is 15.2 Å². The molecule has 0 spiro atoms. The fourth-order valence-corrected chi connectivity index (χ4v) is 1.95. The van der Waals surface area contributed by atoms with Crippen LogP contribution in [0.4, 0.5) is 8.78 Å². The summed E-state index contributed by atoms with van der Waals surface area (Å²) in [6, 6.07) is 7.50. The van der Waals surface area contributed by atoms with Crippen LogP contribution < -0.4 is 10.1 Å². The van der Waals surface area contributed by atoms with Gasteiger partial charge < -0.3 is 10.1 Å². The predicted octanol–water partition coefficient (Wildman–Crippen LogP) is 2.61. The Labute approximate surface area is 126 Å². The summed E-state index contributed by atoms with van der Waals surface area (Å²) >= 11 is 0. The fraction of sp³-hybridized carbons (Fsp3) is 0.333. The van der Waals surface area contributed by atoms with E-state index < -0.39 is 6.61 Å². The molecule has 0 bridgehead atoms. The Kier molecular flexibility index (Phi) is 5.46. The summed E-state index contributed by atoms with van der Waals surface area (Å²) < 4.78 is 30.1. The fourth-order valence-electron chi connectivity index (χ4n) is 1.95. The van der Waals surface area contributed by atoms with E-state index in [1.165, 1.54) is 24.3 Å². The van der Waals surface area contributed by atoms with E-state index in [0.717, 1.165) is 18.7 Å². The Morgan fingerprint density at radius 2 is 2.05 bits per heavy atom. The molecule has 1 amide bonds. The van der Waals surface area contributed by atoms with E-state index in [1.54, 1.807) is 6.20 Å². The van der Waals surface area contributed by atoms with Gasteiger partial charge in [-0.2, -0.15) is 13.9 Å². The number of aromatic nitrogens is 2. The number of amides is 1. The second-order valence-electron chi connectivity index (χ2n) is 4.71. The zero-order chi connectivity index (χ0) is 15.9. The maximum Gasteiger partial charge on any atom is 0.387 e. The third-order valence-electron chi connectivity index (χ3n) is 3.10. The molecule has 0 unspecified atom stereocenters. The van der Waals surface area contributed by atoms with Gasteiger partial charge in [0.15, 0.2) is 0 Å². The summed E-state index contributed by atoms with van der Waals surface area (Å²) in [7, 11) is 0. The van der Waals surface area contributed by atoms with Gasteiger partial charge in [-0.1, -0.05) is 0 Å². The number of ether oxygens (including phenoxy) is 1. The van der Waals surface area contributed by atoms with E-state index in [0.29, 0.717) is 12.1 Å². The molecule has 0 saturated carbocycles. The number of hydrogen-bond acceptors (Lipinski definition) is 3. The van der Waals surface area contributed by atoms with Gasteiger partial charge in [0, 0.05) is 30.5 Å². The number of rotatable bonds is 7. The molecule has 5 nitrogen and oxygen atoms in total. The molecule has 2 aromatic rings. The van der Waals surface area contributed by atoms with Crippen LogP contribution in [0.5, 0.6) is 5.75 Å². The van der Waals surface area contributed by atoms with Crippen LogP contribution in [0.2, 0.25) is 0 Å². The average Bonchev–Trinajstić information content (AvgIpc) is 2.89. The summed E-state index contributed by atoms with van der Waals surface area (Å²) in [6.45, 7) is 0.327. The lowest BCUT2D eigenvalue weighted by atomic mass is 10.2. The lowest BCUT2D eigenvalue weighted by Crippen LogP contribution is -2.25. The van der Waals surface area contributed by atoms with Crippen molar-refractivity contribution in [3.8, 4) is 5.75 Å². The SMILES string of the molecule is Cc1ccnn1CCCNC(=O)c1ccc(OC(F)F)cc1. The molecule has 7 heteroatoms. The zero-order valence-electron chi connectivity index (χ0n) is 12.1. The van der Waals surface area contributed by atoms with E-state index >= 15 is 0 Å². The third kappa shape index (κ3) is 4.54. The van der Waals surface area contributed by atoms with Crippen LogP contribution in [0.1, 0.15) is 22.5 Å². The van der Waals surface area contributed by atoms with Crippen LogP contribution in [0.3, 0.4) is 0 Å². The molecule has 1 heterocycles. The average molecular weight is 309 g/mol. The number of benzene rings is 1. The van der Waals surface area contributed by atoms with E-state index in [1.807, 2.05) is 17.7 Å². The lowest BCUT2D eigenvalue weighted by Gasteiger charge is -2.08. The second kappa shape index (κ2) is 7.53. The molecular weight excluding hydrogens is 292 g/mol. The van der Waals surface area contributed by atoms with E-state index in [9.17, 15) is 13.6 Å². The van der Waals surface area contributed by atoms with Gasteiger partial charge >= 0.3 is 6.61 Å². The molecule has 1 aromatic heterocycles. The van der Waals surface area contributed by atoms with Gasteiger partial charge in [-0.05, 0) is 43.7 Å². The van der Waals surface area contributed by atoms with Gasteiger partial charge in [-0.25, -0.2) is 0 Å². The van der Waals surface area contributed by atoms with Crippen LogP contribution in [0.15, 0.2) is 36.5 Å². The number of alkyl halides is 2. The van der Waals surface area contributed by atoms with Crippen molar-refractivity contribution in [3.05, 3.63) is 47.8 Å². The third-order valence-corrected chi connectivity index (χ3v) is 3.10. The number of nitrogens with one attached hydrogen (secondary N) is 1. The van der Waals surface area contributed by atoms with E-state index in [4.69, 9.17) is 0 Å². The molecule has 0 fully saturated rings. The first-order valence-corrected chi connectivity index (χ1v) is 6.88. The number of carbonyl (C=O) groups is 1. The largest absolute Gasteiger partial charge is 0.435 e. The highest BCUT2D eigenvalue weighted by atomic mass is 19.3. The first-order chi connectivity index (χ1) is 10.6. The number of nitrogens with zero attached hydrogens (tertiary/aromatic N) is 2. The topological polar surface area (TPSA) is 56.2 Å². The van der Waals surface area contributed by atoms with Gasteiger partial charge in [-0.3, -0.25) is 9.48 Å². The first-order valence-electron chi connectivity index (χ1n) is 6.88. The Hall–Kier alpha value is -2.44. The summed E-state index contributed by atoms with van der Waals surface area (Å²) in [4.78, 5) is 11.9. The minimum Gasteiger partial charge on any atom is -0.435 e. The molecule has 118 valence electrons. The predicted molar refractivity (Wildman–Crippen MR) is 77.0 cm³/mol. The minimum atomic E-state index is -2.87. The van der Waals surface area contributed by atoms with Crippen molar-refractivity contribution in [3.63, 3.8) is 0 Å². The van der Waals surface area contributed by atoms with Gasteiger partial charge in [0.1, 0.15) is 5.75 Å².